The summed E-state index contributed by atoms with van der Waals surface area (Å²) in [6.07, 6.45) is 0.860. The Kier molecular flexibility index (Phi) is 3.71. The zero-order valence-corrected chi connectivity index (χ0v) is 9.50. The molecule has 0 amide bonds. The molecule has 5 heteroatoms. The Bertz CT molecular complexity index is 315. The van der Waals surface area contributed by atoms with Gasteiger partial charge in [-0.1, -0.05) is 0 Å². The number of aryl methyl sites for hydroxylation is 1. The average Bonchev–Trinajstić information content (AvgIpc) is 2.47. The van der Waals surface area contributed by atoms with Gasteiger partial charge in [0.15, 0.2) is 0 Å². The van der Waals surface area contributed by atoms with Crippen molar-refractivity contribution < 1.29 is 9.52 Å². The molecule has 86 valence electrons. The summed E-state index contributed by atoms with van der Waals surface area (Å²) in [7, 11) is 0. The predicted octanol–water partition coefficient (Wildman–Crippen LogP) is 0.971. The molecule has 1 aromatic heterocycles. The molecule has 0 atom stereocenters. The van der Waals surface area contributed by atoms with Gasteiger partial charge in [-0.3, -0.25) is 0 Å². The van der Waals surface area contributed by atoms with Crippen molar-refractivity contribution in [2.75, 3.05) is 18.4 Å². The van der Waals surface area contributed by atoms with E-state index in [1.54, 1.807) is 20.8 Å². The lowest BCUT2D eigenvalue weighted by Gasteiger charge is -2.13. The largest absolute Gasteiger partial charge is 0.429 e. The molecule has 0 fully saturated rings. The lowest BCUT2D eigenvalue weighted by molar-refractivity contribution is 0.0728. The Hall–Kier alpha value is -1.07. The molecule has 0 aliphatic heterocycles. The number of aliphatic hydroxyl groups is 1. The molecule has 1 rings (SSSR count). The van der Waals surface area contributed by atoms with E-state index in [2.05, 4.69) is 10.3 Å². The van der Waals surface area contributed by atoms with Gasteiger partial charge >= 0.3 is 0 Å². The number of nitrogens with zero attached hydrogens (tertiary/aromatic N) is 1. The van der Waals surface area contributed by atoms with E-state index in [4.69, 9.17) is 10.2 Å². The zero-order valence-electron chi connectivity index (χ0n) is 9.50. The van der Waals surface area contributed by atoms with Gasteiger partial charge in [0, 0.05) is 6.54 Å². The van der Waals surface area contributed by atoms with E-state index in [0.717, 1.165) is 13.0 Å². The van der Waals surface area contributed by atoms with Crippen LogP contribution in [0.25, 0.3) is 0 Å². The van der Waals surface area contributed by atoms with Crippen molar-refractivity contribution in [1.29, 1.82) is 0 Å². The third kappa shape index (κ3) is 3.21. The van der Waals surface area contributed by atoms with E-state index in [9.17, 15) is 5.11 Å². The van der Waals surface area contributed by atoms with Gasteiger partial charge in [0.25, 0.3) is 6.01 Å². The smallest absolute Gasteiger partial charge is 0.295 e. The molecule has 5 nitrogen and oxygen atoms in total. The van der Waals surface area contributed by atoms with Crippen LogP contribution in [0.2, 0.25) is 0 Å². The highest BCUT2D eigenvalue weighted by Gasteiger charge is 2.24. The number of oxazole rings is 1. The van der Waals surface area contributed by atoms with Crippen molar-refractivity contribution in [2.45, 2.75) is 32.8 Å². The number of aromatic nitrogens is 1. The number of rotatable bonds is 5. The van der Waals surface area contributed by atoms with Crippen LogP contribution in [0.4, 0.5) is 6.01 Å². The summed E-state index contributed by atoms with van der Waals surface area (Å²) < 4.78 is 5.36. The molecule has 0 aliphatic rings. The van der Waals surface area contributed by atoms with Gasteiger partial charge in [0.1, 0.15) is 17.1 Å². The summed E-state index contributed by atoms with van der Waals surface area (Å²) in [6.45, 7) is 6.50. The van der Waals surface area contributed by atoms with Gasteiger partial charge in [-0.2, -0.15) is 4.98 Å². The van der Waals surface area contributed by atoms with Gasteiger partial charge in [-0.15, -0.1) is 0 Å². The molecule has 15 heavy (non-hydrogen) atoms. The molecule has 0 bridgehead atoms. The summed E-state index contributed by atoms with van der Waals surface area (Å²) in [4.78, 5) is 4.18. The van der Waals surface area contributed by atoms with E-state index in [0.29, 0.717) is 24.0 Å². The van der Waals surface area contributed by atoms with Crippen LogP contribution in [-0.4, -0.2) is 23.2 Å². The van der Waals surface area contributed by atoms with E-state index < -0.39 is 5.60 Å². The molecule has 0 saturated heterocycles. The normalized spacial score (nSPS) is 11.8. The van der Waals surface area contributed by atoms with Crippen LogP contribution in [0.5, 0.6) is 0 Å². The minimum absolute atomic E-state index is 0.443. The van der Waals surface area contributed by atoms with Crippen molar-refractivity contribution >= 4 is 6.01 Å². The molecule has 0 spiro atoms. The number of nitrogens with two attached hydrogens (primary N) is 1. The lowest BCUT2D eigenvalue weighted by Crippen LogP contribution is -2.17. The van der Waals surface area contributed by atoms with Gasteiger partial charge in [0.05, 0.1) is 0 Å². The van der Waals surface area contributed by atoms with Crippen LogP contribution in [0.1, 0.15) is 31.7 Å². The Morgan fingerprint density at radius 2 is 2.20 bits per heavy atom. The minimum atomic E-state index is -0.971. The van der Waals surface area contributed by atoms with E-state index in [-0.39, 0.29) is 0 Å². The van der Waals surface area contributed by atoms with Gasteiger partial charge < -0.3 is 20.6 Å². The van der Waals surface area contributed by atoms with Gasteiger partial charge in [0.2, 0.25) is 0 Å². The molecule has 0 radical (unpaired) electrons. The van der Waals surface area contributed by atoms with E-state index in [1.807, 2.05) is 0 Å². The minimum Gasteiger partial charge on any atom is -0.429 e. The molecule has 0 unspecified atom stereocenters. The summed E-state index contributed by atoms with van der Waals surface area (Å²) >= 11 is 0. The third-order valence-electron chi connectivity index (χ3n) is 2.03. The van der Waals surface area contributed by atoms with Crippen LogP contribution in [0, 0.1) is 6.92 Å². The fraction of sp³-hybridized carbons (Fsp3) is 0.700. The maximum Gasteiger partial charge on any atom is 0.295 e. The monoisotopic (exact) mass is 213 g/mol. The second-order valence-corrected chi connectivity index (χ2v) is 4.05. The first kappa shape index (κ1) is 12.0. The Labute approximate surface area is 89.7 Å². The first-order valence-corrected chi connectivity index (χ1v) is 5.09. The van der Waals surface area contributed by atoms with Crippen LogP contribution in [0.15, 0.2) is 4.42 Å². The second-order valence-electron chi connectivity index (χ2n) is 4.05. The third-order valence-corrected chi connectivity index (χ3v) is 2.03. The maximum absolute atomic E-state index is 9.78. The first-order valence-electron chi connectivity index (χ1n) is 5.09. The van der Waals surface area contributed by atoms with Crippen LogP contribution < -0.4 is 11.1 Å². The van der Waals surface area contributed by atoms with Crippen LogP contribution in [0.3, 0.4) is 0 Å². The average molecular weight is 213 g/mol. The highest BCUT2D eigenvalue weighted by molar-refractivity contribution is 5.27. The molecule has 1 heterocycles. The summed E-state index contributed by atoms with van der Waals surface area (Å²) in [6, 6.07) is 0.443. The number of anilines is 1. The predicted molar refractivity (Wildman–Crippen MR) is 58.6 cm³/mol. The van der Waals surface area contributed by atoms with Crippen molar-refractivity contribution in [3.63, 3.8) is 0 Å². The van der Waals surface area contributed by atoms with Crippen LogP contribution >= 0.6 is 0 Å². The topological polar surface area (TPSA) is 84.3 Å². The molecule has 0 aromatic carbocycles. The highest BCUT2D eigenvalue weighted by Crippen LogP contribution is 2.24. The first-order chi connectivity index (χ1) is 6.95. The molecule has 4 N–H and O–H groups in total. The molecular weight excluding hydrogens is 194 g/mol. The van der Waals surface area contributed by atoms with Crippen LogP contribution in [-0.2, 0) is 5.60 Å². The summed E-state index contributed by atoms with van der Waals surface area (Å²) in [5.74, 6) is 0.637. The number of hydrogen-bond acceptors (Lipinski definition) is 5. The van der Waals surface area contributed by atoms with Gasteiger partial charge in [-0.25, -0.2) is 0 Å². The van der Waals surface area contributed by atoms with Crippen molar-refractivity contribution in [3.8, 4) is 0 Å². The summed E-state index contributed by atoms with van der Waals surface area (Å²) in [5.41, 5.74) is 4.96. The van der Waals surface area contributed by atoms with Crippen molar-refractivity contribution in [3.05, 3.63) is 11.5 Å². The second kappa shape index (κ2) is 4.63. The SMILES string of the molecule is Cc1oc(NCCCN)nc1C(C)(C)O. The Morgan fingerprint density at radius 1 is 1.53 bits per heavy atom. The highest BCUT2D eigenvalue weighted by atomic mass is 16.4. The van der Waals surface area contributed by atoms with E-state index >= 15 is 0 Å². The number of hydrogen-bond donors (Lipinski definition) is 3. The lowest BCUT2D eigenvalue weighted by atomic mass is 10.0. The molecular formula is C10H19N3O2. The zero-order chi connectivity index (χ0) is 11.5. The number of nitrogens with one attached hydrogen (secondary N) is 1. The molecule has 0 saturated carbocycles. The van der Waals surface area contributed by atoms with Crippen molar-refractivity contribution in [2.24, 2.45) is 5.73 Å². The van der Waals surface area contributed by atoms with Gasteiger partial charge in [-0.05, 0) is 33.7 Å². The summed E-state index contributed by atoms with van der Waals surface area (Å²) in [5, 5.41) is 12.8. The maximum atomic E-state index is 9.78. The Balaban J connectivity index is 2.69. The molecule has 0 aliphatic carbocycles. The Morgan fingerprint density at radius 3 is 2.67 bits per heavy atom. The molecule has 1 aromatic rings. The quantitative estimate of drug-likeness (QED) is 0.635. The fourth-order valence-corrected chi connectivity index (χ4v) is 1.34. The van der Waals surface area contributed by atoms with E-state index in [1.165, 1.54) is 0 Å². The van der Waals surface area contributed by atoms with Crippen molar-refractivity contribution in [1.82, 2.24) is 4.98 Å². The standard InChI is InChI=1S/C10H19N3O2/c1-7-8(10(2,3)14)13-9(15-7)12-6-4-5-11/h14H,4-6,11H2,1-3H3,(H,12,13). The fourth-order valence-electron chi connectivity index (χ4n) is 1.34.